The molecule has 0 N–H and O–H groups in total. The Morgan fingerprint density at radius 1 is 0.833 bits per heavy atom. The van der Waals surface area contributed by atoms with Crippen LogP contribution in [0, 0.1) is 0 Å². The summed E-state index contributed by atoms with van der Waals surface area (Å²) < 4.78 is 33.9. The fraction of sp³-hybridized carbons (Fsp3) is 0.200. The van der Waals surface area contributed by atoms with Crippen molar-refractivity contribution in [2.24, 2.45) is 0 Å². The normalized spacial score (nSPS) is 26.4. The minimum atomic E-state index is -2.30. The Morgan fingerprint density at radius 2 is 1.28 bits per heavy atom. The van der Waals surface area contributed by atoms with Crippen molar-refractivity contribution < 1.29 is 13.4 Å². The quantitative estimate of drug-likeness (QED) is 0.747. The fourth-order valence-corrected chi connectivity index (χ4v) is 2.23. The van der Waals surface area contributed by atoms with Crippen LogP contribution < -0.4 is 0 Å². The number of hydrogen-bond donors (Lipinski definition) is 0. The molecule has 2 nitrogen and oxygen atoms in total. The van der Waals surface area contributed by atoms with Crippen LogP contribution in [0.5, 0.6) is 0 Å². The van der Waals surface area contributed by atoms with Gasteiger partial charge in [0.25, 0.3) is 0 Å². The minimum absolute atomic E-state index is 0.418. The summed E-state index contributed by atoms with van der Waals surface area (Å²) >= 11 is 0. The van der Waals surface area contributed by atoms with Gasteiger partial charge < -0.3 is 9.31 Å². The molecule has 2 aromatic carbocycles. The van der Waals surface area contributed by atoms with Crippen LogP contribution in [0.4, 0.5) is 0 Å². The molecule has 0 aliphatic carbocycles. The second-order valence-electron chi connectivity index (χ2n) is 4.27. The van der Waals surface area contributed by atoms with Crippen molar-refractivity contribution >= 4 is 7.12 Å². The van der Waals surface area contributed by atoms with Crippen molar-refractivity contribution in [3.8, 4) is 0 Å². The maximum absolute atomic E-state index is 7.52. The first-order valence-electron chi connectivity index (χ1n) is 7.46. The van der Waals surface area contributed by atoms with E-state index >= 15 is 0 Å². The molecule has 0 spiro atoms. The molecule has 0 bridgehead atoms. The summed E-state index contributed by atoms with van der Waals surface area (Å²) in [7, 11) is -1.20. The standard InChI is InChI=1S/C15H15BO2/c1-16-17-14(12-8-4-2-5-9-12)15(18-16)13-10-6-3-7-11-13/h2-11,14-15H,1H3/t14-,15-/m1/s1/i1D3. The van der Waals surface area contributed by atoms with Gasteiger partial charge in [0.15, 0.2) is 0 Å². The van der Waals surface area contributed by atoms with E-state index < -0.39 is 26.1 Å². The SMILES string of the molecule is [2H]C([2H])([2H])B1O[C@H](c2ccccc2)[C@@H](c2ccccc2)O1. The Balaban J connectivity index is 1.95. The smallest absolute Gasteiger partial charge is 0.401 e. The van der Waals surface area contributed by atoms with Crippen LogP contribution in [0.2, 0.25) is 6.75 Å². The Morgan fingerprint density at radius 3 is 1.67 bits per heavy atom. The predicted octanol–water partition coefficient (Wildman–Crippen LogP) is 3.63. The monoisotopic (exact) mass is 241 g/mol. The number of benzene rings is 2. The van der Waals surface area contributed by atoms with Gasteiger partial charge in [-0.3, -0.25) is 0 Å². The first-order valence-corrected chi connectivity index (χ1v) is 5.96. The van der Waals surface area contributed by atoms with Crippen LogP contribution in [0.1, 0.15) is 27.4 Å². The Labute approximate surface area is 112 Å². The molecule has 1 heterocycles. The summed E-state index contributed by atoms with van der Waals surface area (Å²) in [5.74, 6) is 0. The summed E-state index contributed by atoms with van der Waals surface area (Å²) in [4.78, 5) is 0. The van der Waals surface area contributed by atoms with Crippen LogP contribution in [0.3, 0.4) is 0 Å². The molecule has 1 fully saturated rings. The molecule has 0 amide bonds. The average Bonchev–Trinajstić information content (AvgIpc) is 2.94. The molecule has 1 aliphatic heterocycles. The Hall–Kier alpha value is -1.58. The van der Waals surface area contributed by atoms with Crippen molar-refractivity contribution in [2.45, 2.75) is 19.0 Å². The van der Waals surface area contributed by atoms with Gasteiger partial charge in [-0.05, 0) is 17.9 Å². The van der Waals surface area contributed by atoms with E-state index in [1.807, 2.05) is 60.7 Å². The lowest BCUT2D eigenvalue weighted by Crippen LogP contribution is -2.07. The van der Waals surface area contributed by atoms with E-state index in [4.69, 9.17) is 13.4 Å². The lowest BCUT2D eigenvalue weighted by atomic mass is 9.97. The van der Waals surface area contributed by atoms with Crippen LogP contribution in [0.15, 0.2) is 60.7 Å². The molecular formula is C15H15BO2. The van der Waals surface area contributed by atoms with Gasteiger partial charge in [-0.15, -0.1) is 0 Å². The highest BCUT2D eigenvalue weighted by Gasteiger charge is 2.38. The molecule has 0 aromatic heterocycles. The summed E-state index contributed by atoms with van der Waals surface area (Å²) in [6, 6.07) is 19.1. The van der Waals surface area contributed by atoms with Crippen molar-refractivity contribution in [2.75, 3.05) is 0 Å². The van der Waals surface area contributed by atoms with Gasteiger partial charge in [-0.1, -0.05) is 60.7 Å². The lowest BCUT2D eigenvalue weighted by Gasteiger charge is -2.19. The van der Waals surface area contributed by atoms with E-state index in [2.05, 4.69) is 0 Å². The predicted molar refractivity (Wildman–Crippen MR) is 72.2 cm³/mol. The van der Waals surface area contributed by atoms with Gasteiger partial charge in [0, 0.05) is 4.11 Å². The summed E-state index contributed by atoms with van der Waals surface area (Å²) in [5.41, 5.74) is 1.83. The van der Waals surface area contributed by atoms with Gasteiger partial charge in [-0.2, -0.15) is 0 Å². The first kappa shape index (κ1) is 8.51. The minimum Gasteiger partial charge on any atom is -0.401 e. The molecule has 2 atom stereocenters. The van der Waals surface area contributed by atoms with Gasteiger partial charge >= 0.3 is 7.12 Å². The molecule has 2 aromatic rings. The molecule has 3 heteroatoms. The van der Waals surface area contributed by atoms with Crippen molar-refractivity contribution in [1.29, 1.82) is 0 Å². The molecule has 0 radical (unpaired) electrons. The molecular weight excluding hydrogens is 223 g/mol. The van der Waals surface area contributed by atoms with Gasteiger partial charge in [0.05, 0.1) is 12.2 Å². The van der Waals surface area contributed by atoms with E-state index in [0.29, 0.717) is 0 Å². The van der Waals surface area contributed by atoms with Gasteiger partial charge in [0.2, 0.25) is 0 Å². The van der Waals surface area contributed by atoms with E-state index in [9.17, 15) is 0 Å². The highest BCUT2D eigenvalue weighted by atomic mass is 16.7. The maximum atomic E-state index is 7.52. The van der Waals surface area contributed by atoms with Crippen LogP contribution >= 0.6 is 0 Å². The molecule has 0 unspecified atom stereocenters. The summed E-state index contributed by atoms with van der Waals surface area (Å²) in [6.07, 6.45) is -0.835. The lowest BCUT2D eigenvalue weighted by molar-refractivity contribution is 0.159. The topological polar surface area (TPSA) is 18.5 Å². The third kappa shape index (κ3) is 2.19. The average molecular weight is 241 g/mol. The molecule has 1 saturated heterocycles. The third-order valence-corrected chi connectivity index (χ3v) is 3.07. The maximum Gasteiger partial charge on any atom is 0.454 e. The second-order valence-corrected chi connectivity index (χ2v) is 4.27. The highest BCUT2D eigenvalue weighted by molar-refractivity contribution is 6.43. The summed E-state index contributed by atoms with van der Waals surface area (Å²) in [5, 5.41) is 0. The first-order chi connectivity index (χ1) is 10.1. The highest BCUT2D eigenvalue weighted by Crippen LogP contribution is 2.40. The van der Waals surface area contributed by atoms with Crippen LogP contribution in [0.25, 0.3) is 0 Å². The zero-order valence-electron chi connectivity index (χ0n) is 12.8. The molecule has 3 rings (SSSR count). The van der Waals surface area contributed by atoms with Crippen molar-refractivity contribution in [3.63, 3.8) is 0 Å². The molecule has 0 saturated carbocycles. The molecule has 90 valence electrons. The zero-order valence-corrected chi connectivity index (χ0v) is 9.82. The van der Waals surface area contributed by atoms with E-state index in [1.165, 1.54) is 0 Å². The fourth-order valence-electron chi connectivity index (χ4n) is 2.23. The van der Waals surface area contributed by atoms with E-state index in [-0.39, 0.29) is 0 Å². The van der Waals surface area contributed by atoms with Crippen molar-refractivity contribution in [3.05, 3.63) is 71.8 Å². The van der Waals surface area contributed by atoms with Gasteiger partial charge in [-0.25, -0.2) is 0 Å². The third-order valence-electron chi connectivity index (χ3n) is 3.07. The molecule has 18 heavy (non-hydrogen) atoms. The second kappa shape index (κ2) is 4.97. The number of rotatable bonds is 2. The van der Waals surface area contributed by atoms with Crippen LogP contribution in [-0.4, -0.2) is 7.12 Å². The van der Waals surface area contributed by atoms with E-state index in [0.717, 1.165) is 11.1 Å². The van der Waals surface area contributed by atoms with E-state index in [1.54, 1.807) is 0 Å². The molecule has 1 aliphatic rings. The van der Waals surface area contributed by atoms with Crippen molar-refractivity contribution in [1.82, 2.24) is 0 Å². The largest absolute Gasteiger partial charge is 0.454 e. The van der Waals surface area contributed by atoms with Gasteiger partial charge in [0.1, 0.15) is 0 Å². The summed E-state index contributed by atoms with van der Waals surface area (Å²) in [6.45, 7) is -2.30. The van der Waals surface area contributed by atoms with Crippen LogP contribution in [-0.2, 0) is 9.31 Å². The Bertz CT molecular complexity index is 541. The Kier molecular flexibility index (Phi) is 2.35. The zero-order chi connectivity index (χ0) is 14.9. The number of hydrogen-bond acceptors (Lipinski definition) is 2.